The van der Waals surface area contributed by atoms with Crippen molar-refractivity contribution in [2.24, 2.45) is 0 Å². The minimum Gasteiger partial charge on any atom is -0.497 e. The molecular formula is C13H20BrNO. The quantitative estimate of drug-likeness (QED) is 0.810. The molecule has 0 aliphatic carbocycles. The molecule has 0 aromatic heterocycles. The Morgan fingerprint density at radius 2 is 2.12 bits per heavy atom. The van der Waals surface area contributed by atoms with E-state index < -0.39 is 0 Å². The Labute approximate surface area is 107 Å². The molecular weight excluding hydrogens is 266 g/mol. The molecule has 0 amide bonds. The summed E-state index contributed by atoms with van der Waals surface area (Å²) >= 11 is 3.56. The molecule has 90 valence electrons. The van der Waals surface area contributed by atoms with Crippen LogP contribution in [-0.4, -0.2) is 18.0 Å². The predicted molar refractivity (Wildman–Crippen MR) is 72.3 cm³/mol. The predicted octanol–water partition coefficient (Wildman–Crippen LogP) is 3.35. The second kappa shape index (κ2) is 6.92. The van der Waals surface area contributed by atoms with Gasteiger partial charge in [0.05, 0.1) is 7.11 Å². The molecule has 1 rings (SSSR count). The van der Waals surface area contributed by atoms with E-state index in [4.69, 9.17) is 4.74 Å². The van der Waals surface area contributed by atoms with Crippen LogP contribution in [0, 0.1) is 0 Å². The first kappa shape index (κ1) is 13.5. The van der Waals surface area contributed by atoms with Gasteiger partial charge in [-0.05, 0) is 31.0 Å². The van der Waals surface area contributed by atoms with Crippen LogP contribution in [0.2, 0.25) is 0 Å². The van der Waals surface area contributed by atoms with Gasteiger partial charge >= 0.3 is 0 Å². The van der Waals surface area contributed by atoms with Gasteiger partial charge in [0.2, 0.25) is 0 Å². The monoisotopic (exact) mass is 285 g/mol. The van der Waals surface area contributed by atoms with Crippen LogP contribution in [0.25, 0.3) is 0 Å². The van der Waals surface area contributed by atoms with Crippen molar-refractivity contribution in [3.63, 3.8) is 0 Å². The fraction of sp³-hybridized carbons (Fsp3) is 0.538. The topological polar surface area (TPSA) is 21.3 Å². The lowest BCUT2D eigenvalue weighted by Crippen LogP contribution is -2.27. The van der Waals surface area contributed by atoms with Gasteiger partial charge in [0.1, 0.15) is 5.75 Å². The molecule has 0 aliphatic rings. The first-order valence-electron chi connectivity index (χ1n) is 5.62. The van der Waals surface area contributed by atoms with Crippen molar-refractivity contribution in [3.8, 4) is 5.75 Å². The molecule has 2 unspecified atom stereocenters. The Hall–Kier alpha value is -0.540. The highest BCUT2D eigenvalue weighted by atomic mass is 79.9. The van der Waals surface area contributed by atoms with Gasteiger partial charge in [0.15, 0.2) is 0 Å². The van der Waals surface area contributed by atoms with E-state index >= 15 is 0 Å². The number of hydrogen-bond acceptors (Lipinski definition) is 2. The SMILES string of the molecule is COc1cccc(CNC(C)CC(C)Br)c1. The molecule has 1 N–H and O–H groups in total. The van der Waals surface area contributed by atoms with Crippen LogP contribution in [0.5, 0.6) is 5.75 Å². The summed E-state index contributed by atoms with van der Waals surface area (Å²) in [5, 5.41) is 3.50. The highest BCUT2D eigenvalue weighted by Gasteiger charge is 2.05. The van der Waals surface area contributed by atoms with E-state index in [0.29, 0.717) is 10.9 Å². The van der Waals surface area contributed by atoms with Gasteiger partial charge in [-0.15, -0.1) is 0 Å². The molecule has 0 saturated heterocycles. The Morgan fingerprint density at radius 3 is 2.75 bits per heavy atom. The summed E-state index contributed by atoms with van der Waals surface area (Å²) in [4.78, 5) is 0.556. The van der Waals surface area contributed by atoms with E-state index in [2.05, 4.69) is 47.2 Å². The minimum atomic E-state index is 0.514. The van der Waals surface area contributed by atoms with E-state index in [9.17, 15) is 0 Å². The lowest BCUT2D eigenvalue weighted by atomic mass is 10.1. The molecule has 2 nitrogen and oxygen atoms in total. The van der Waals surface area contributed by atoms with Crippen LogP contribution in [0.3, 0.4) is 0 Å². The van der Waals surface area contributed by atoms with E-state index in [-0.39, 0.29) is 0 Å². The summed E-state index contributed by atoms with van der Waals surface area (Å²) in [6.07, 6.45) is 1.13. The third kappa shape index (κ3) is 4.99. The third-order valence-corrected chi connectivity index (χ3v) is 2.84. The summed E-state index contributed by atoms with van der Waals surface area (Å²) in [5.74, 6) is 0.917. The number of ether oxygens (including phenoxy) is 1. The van der Waals surface area contributed by atoms with Crippen molar-refractivity contribution < 1.29 is 4.74 Å². The first-order valence-corrected chi connectivity index (χ1v) is 6.53. The van der Waals surface area contributed by atoms with Crippen LogP contribution < -0.4 is 10.1 Å². The Balaban J connectivity index is 2.41. The number of benzene rings is 1. The van der Waals surface area contributed by atoms with E-state index in [1.807, 2.05) is 12.1 Å². The number of hydrogen-bond donors (Lipinski definition) is 1. The molecule has 1 aromatic carbocycles. The molecule has 3 heteroatoms. The normalized spacial score (nSPS) is 14.5. The molecule has 0 aliphatic heterocycles. The maximum Gasteiger partial charge on any atom is 0.119 e. The zero-order chi connectivity index (χ0) is 12.0. The summed E-state index contributed by atoms with van der Waals surface area (Å²) in [6.45, 7) is 5.26. The van der Waals surface area contributed by atoms with Crippen molar-refractivity contribution in [2.45, 2.75) is 37.7 Å². The van der Waals surface area contributed by atoms with Gasteiger partial charge in [-0.3, -0.25) is 0 Å². The average molecular weight is 286 g/mol. The Bertz CT molecular complexity index is 315. The smallest absolute Gasteiger partial charge is 0.119 e. The van der Waals surface area contributed by atoms with Crippen molar-refractivity contribution in [1.82, 2.24) is 5.32 Å². The summed E-state index contributed by atoms with van der Waals surface area (Å²) < 4.78 is 5.19. The fourth-order valence-electron chi connectivity index (χ4n) is 1.65. The number of nitrogens with one attached hydrogen (secondary N) is 1. The largest absolute Gasteiger partial charge is 0.497 e. The highest BCUT2D eigenvalue weighted by molar-refractivity contribution is 9.09. The van der Waals surface area contributed by atoms with E-state index in [1.165, 1.54) is 5.56 Å². The molecule has 0 heterocycles. The second-order valence-corrected chi connectivity index (χ2v) is 5.71. The standard InChI is InChI=1S/C13H20BrNO/c1-10(14)7-11(2)15-9-12-5-4-6-13(8-12)16-3/h4-6,8,10-11,15H,7,9H2,1-3H3. The van der Waals surface area contributed by atoms with Gasteiger partial charge in [-0.25, -0.2) is 0 Å². The number of halogens is 1. The van der Waals surface area contributed by atoms with Crippen molar-refractivity contribution in [1.29, 1.82) is 0 Å². The third-order valence-electron chi connectivity index (χ3n) is 2.47. The van der Waals surface area contributed by atoms with Gasteiger partial charge < -0.3 is 10.1 Å². The molecule has 0 fully saturated rings. The van der Waals surface area contributed by atoms with E-state index in [0.717, 1.165) is 18.7 Å². The number of methoxy groups -OCH3 is 1. The second-order valence-electron chi connectivity index (χ2n) is 4.15. The molecule has 0 bridgehead atoms. The Morgan fingerprint density at radius 1 is 1.38 bits per heavy atom. The van der Waals surface area contributed by atoms with Gasteiger partial charge in [0, 0.05) is 17.4 Å². The van der Waals surface area contributed by atoms with Crippen LogP contribution in [0.1, 0.15) is 25.8 Å². The summed E-state index contributed by atoms with van der Waals surface area (Å²) in [5.41, 5.74) is 1.26. The average Bonchev–Trinajstić information content (AvgIpc) is 2.26. The zero-order valence-electron chi connectivity index (χ0n) is 10.2. The van der Waals surface area contributed by atoms with Crippen LogP contribution in [-0.2, 0) is 6.54 Å². The zero-order valence-corrected chi connectivity index (χ0v) is 11.8. The van der Waals surface area contributed by atoms with Crippen LogP contribution in [0.4, 0.5) is 0 Å². The molecule has 0 saturated carbocycles. The van der Waals surface area contributed by atoms with Crippen LogP contribution >= 0.6 is 15.9 Å². The lowest BCUT2D eigenvalue weighted by molar-refractivity contribution is 0.413. The number of alkyl halides is 1. The summed E-state index contributed by atoms with van der Waals surface area (Å²) in [7, 11) is 1.70. The molecule has 0 spiro atoms. The lowest BCUT2D eigenvalue weighted by Gasteiger charge is -2.15. The molecule has 16 heavy (non-hydrogen) atoms. The maximum atomic E-state index is 5.19. The van der Waals surface area contributed by atoms with Gasteiger partial charge in [0.25, 0.3) is 0 Å². The molecule has 2 atom stereocenters. The van der Waals surface area contributed by atoms with Gasteiger partial charge in [-0.1, -0.05) is 35.0 Å². The van der Waals surface area contributed by atoms with E-state index in [1.54, 1.807) is 7.11 Å². The van der Waals surface area contributed by atoms with Crippen LogP contribution in [0.15, 0.2) is 24.3 Å². The molecule has 0 radical (unpaired) electrons. The van der Waals surface area contributed by atoms with Crippen molar-refractivity contribution in [3.05, 3.63) is 29.8 Å². The maximum absolute atomic E-state index is 5.19. The molecule has 1 aromatic rings. The first-order chi connectivity index (χ1) is 7.61. The number of rotatable bonds is 6. The fourth-order valence-corrected chi connectivity index (χ4v) is 2.21. The van der Waals surface area contributed by atoms with Crippen molar-refractivity contribution >= 4 is 15.9 Å². The van der Waals surface area contributed by atoms with Crippen molar-refractivity contribution in [2.75, 3.05) is 7.11 Å². The van der Waals surface area contributed by atoms with Gasteiger partial charge in [-0.2, -0.15) is 0 Å². The minimum absolute atomic E-state index is 0.514. The summed E-state index contributed by atoms with van der Waals surface area (Å²) in [6, 6.07) is 8.68. The Kier molecular flexibility index (Phi) is 5.85. The highest BCUT2D eigenvalue weighted by Crippen LogP contribution is 2.13.